The average Bonchev–Trinajstić information content (AvgIpc) is 2.72. The van der Waals surface area contributed by atoms with E-state index in [-0.39, 0.29) is 5.76 Å². The van der Waals surface area contributed by atoms with E-state index in [0.29, 0.717) is 12.5 Å². The van der Waals surface area contributed by atoms with Crippen molar-refractivity contribution in [2.45, 2.75) is 26.8 Å². The molecule has 2 heterocycles. The highest BCUT2D eigenvalue weighted by Gasteiger charge is 2.24. The Labute approximate surface area is 101 Å². The van der Waals surface area contributed by atoms with E-state index in [1.165, 1.54) is 12.7 Å². The van der Waals surface area contributed by atoms with E-state index in [2.05, 4.69) is 18.7 Å². The van der Waals surface area contributed by atoms with Gasteiger partial charge in [-0.15, -0.1) is 0 Å². The normalized spacial score (nSPS) is 26.0. The maximum atomic E-state index is 10.9. The van der Waals surface area contributed by atoms with Gasteiger partial charge in [0.25, 0.3) is 0 Å². The zero-order valence-electron chi connectivity index (χ0n) is 10.3. The third-order valence-electron chi connectivity index (χ3n) is 3.75. The number of piperidine rings is 1. The lowest BCUT2D eigenvalue weighted by Crippen LogP contribution is -2.38. The van der Waals surface area contributed by atoms with Gasteiger partial charge in [0.2, 0.25) is 5.76 Å². The molecule has 17 heavy (non-hydrogen) atoms. The third kappa shape index (κ3) is 2.69. The number of hydrogen-bond acceptors (Lipinski definition) is 3. The van der Waals surface area contributed by atoms with Gasteiger partial charge in [-0.3, -0.25) is 4.90 Å². The number of likely N-dealkylation sites (tertiary alicyclic amines) is 1. The van der Waals surface area contributed by atoms with Crippen LogP contribution in [0.2, 0.25) is 0 Å². The molecule has 0 bridgehead atoms. The van der Waals surface area contributed by atoms with Crippen molar-refractivity contribution in [3.05, 3.63) is 23.7 Å². The summed E-state index contributed by atoms with van der Waals surface area (Å²) in [6, 6.07) is 1.76. The molecule has 1 saturated heterocycles. The number of rotatable bonds is 3. The molecule has 0 aliphatic carbocycles. The van der Waals surface area contributed by atoms with E-state index in [1.54, 1.807) is 6.07 Å². The van der Waals surface area contributed by atoms with E-state index in [0.717, 1.165) is 24.6 Å². The molecule has 1 aromatic heterocycles. The van der Waals surface area contributed by atoms with Crippen LogP contribution in [0.3, 0.4) is 0 Å². The lowest BCUT2D eigenvalue weighted by atomic mass is 9.88. The van der Waals surface area contributed by atoms with Crippen molar-refractivity contribution in [3.63, 3.8) is 0 Å². The number of carboxylic acid groups (broad SMARTS) is 1. The van der Waals surface area contributed by atoms with Crippen molar-refractivity contribution in [1.82, 2.24) is 4.90 Å². The van der Waals surface area contributed by atoms with Crippen molar-refractivity contribution in [1.29, 1.82) is 0 Å². The molecular formula is C13H19NO3. The predicted molar refractivity (Wildman–Crippen MR) is 63.9 cm³/mol. The van der Waals surface area contributed by atoms with Crippen molar-refractivity contribution >= 4 is 5.97 Å². The molecule has 2 rings (SSSR count). The van der Waals surface area contributed by atoms with Gasteiger partial charge in [-0.1, -0.05) is 13.8 Å². The molecule has 1 fully saturated rings. The second kappa shape index (κ2) is 4.92. The molecule has 1 N–H and O–H groups in total. The summed E-state index contributed by atoms with van der Waals surface area (Å²) in [5.74, 6) is 0.526. The van der Waals surface area contributed by atoms with Crippen LogP contribution in [-0.4, -0.2) is 29.1 Å². The minimum Gasteiger partial charge on any atom is -0.475 e. The minimum atomic E-state index is -0.983. The first-order chi connectivity index (χ1) is 8.08. The Hall–Kier alpha value is -1.29. The van der Waals surface area contributed by atoms with Crippen molar-refractivity contribution in [2.24, 2.45) is 11.8 Å². The fourth-order valence-electron chi connectivity index (χ4n) is 2.38. The number of aromatic carboxylic acids is 1. The van der Waals surface area contributed by atoms with Crippen LogP contribution in [0.1, 0.15) is 36.4 Å². The average molecular weight is 237 g/mol. The molecule has 0 radical (unpaired) electrons. The first-order valence-corrected chi connectivity index (χ1v) is 6.10. The minimum absolute atomic E-state index is 0.0799. The van der Waals surface area contributed by atoms with E-state index >= 15 is 0 Å². The molecule has 1 aliphatic heterocycles. The molecule has 1 aliphatic rings. The Morgan fingerprint density at radius 2 is 2.29 bits per heavy atom. The van der Waals surface area contributed by atoms with Crippen LogP contribution in [-0.2, 0) is 6.54 Å². The number of carbonyl (C=O) groups is 1. The SMILES string of the molecule is CC1CCN(Cc2ccoc2C(=O)O)CC1C. The maximum Gasteiger partial charge on any atom is 0.372 e. The lowest BCUT2D eigenvalue weighted by molar-refractivity contribution is 0.0656. The van der Waals surface area contributed by atoms with Gasteiger partial charge in [0.15, 0.2) is 0 Å². The van der Waals surface area contributed by atoms with E-state index < -0.39 is 5.97 Å². The van der Waals surface area contributed by atoms with Crippen molar-refractivity contribution in [3.8, 4) is 0 Å². The van der Waals surface area contributed by atoms with Crippen LogP contribution in [0.25, 0.3) is 0 Å². The van der Waals surface area contributed by atoms with Crippen LogP contribution in [0.15, 0.2) is 16.7 Å². The number of hydrogen-bond donors (Lipinski definition) is 1. The molecule has 0 amide bonds. The smallest absolute Gasteiger partial charge is 0.372 e. The topological polar surface area (TPSA) is 53.7 Å². The fraction of sp³-hybridized carbons (Fsp3) is 0.615. The molecule has 4 nitrogen and oxygen atoms in total. The van der Waals surface area contributed by atoms with Gasteiger partial charge in [0.1, 0.15) is 0 Å². The van der Waals surface area contributed by atoms with Gasteiger partial charge in [-0.05, 0) is 30.9 Å². The second-order valence-electron chi connectivity index (χ2n) is 5.06. The molecule has 0 aromatic carbocycles. The van der Waals surface area contributed by atoms with Gasteiger partial charge in [-0.25, -0.2) is 4.79 Å². The first-order valence-electron chi connectivity index (χ1n) is 6.10. The van der Waals surface area contributed by atoms with Crippen LogP contribution in [0.4, 0.5) is 0 Å². The Morgan fingerprint density at radius 3 is 2.94 bits per heavy atom. The highest BCUT2D eigenvalue weighted by Crippen LogP contribution is 2.24. The standard InChI is InChI=1S/C13H19NO3/c1-9-3-5-14(7-10(9)2)8-11-4-6-17-12(11)13(15)16/h4,6,9-10H,3,5,7-8H2,1-2H3,(H,15,16). The Kier molecular flexibility index (Phi) is 3.52. The fourth-order valence-corrected chi connectivity index (χ4v) is 2.38. The zero-order valence-corrected chi connectivity index (χ0v) is 10.3. The van der Waals surface area contributed by atoms with Gasteiger partial charge in [0, 0.05) is 18.7 Å². The number of carboxylic acids is 1. The summed E-state index contributed by atoms with van der Waals surface area (Å²) in [6.07, 6.45) is 2.64. The summed E-state index contributed by atoms with van der Waals surface area (Å²) in [5, 5.41) is 8.97. The van der Waals surface area contributed by atoms with E-state index in [1.807, 2.05) is 0 Å². The molecule has 94 valence electrons. The summed E-state index contributed by atoms with van der Waals surface area (Å²) in [4.78, 5) is 13.2. The van der Waals surface area contributed by atoms with Gasteiger partial charge < -0.3 is 9.52 Å². The van der Waals surface area contributed by atoms with Crippen molar-refractivity contribution in [2.75, 3.05) is 13.1 Å². The number of nitrogens with zero attached hydrogens (tertiary/aromatic N) is 1. The molecule has 2 atom stereocenters. The molecule has 0 spiro atoms. The van der Waals surface area contributed by atoms with Crippen molar-refractivity contribution < 1.29 is 14.3 Å². The summed E-state index contributed by atoms with van der Waals surface area (Å²) >= 11 is 0. The quantitative estimate of drug-likeness (QED) is 0.877. The number of furan rings is 1. The monoisotopic (exact) mass is 237 g/mol. The maximum absolute atomic E-state index is 10.9. The Bertz CT molecular complexity index is 399. The summed E-state index contributed by atoms with van der Waals surface area (Å²) < 4.78 is 4.99. The van der Waals surface area contributed by atoms with Gasteiger partial charge in [-0.2, -0.15) is 0 Å². The second-order valence-corrected chi connectivity index (χ2v) is 5.06. The summed E-state index contributed by atoms with van der Waals surface area (Å²) in [5.41, 5.74) is 0.777. The highest BCUT2D eigenvalue weighted by molar-refractivity contribution is 5.86. The molecule has 2 unspecified atom stereocenters. The Morgan fingerprint density at radius 1 is 1.53 bits per heavy atom. The molecular weight excluding hydrogens is 218 g/mol. The lowest BCUT2D eigenvalue weighted by Gasteiger charge is -2.35. The zero-order chi connectivity index (χ0) is 12.4. The van der Waals surface area contributed by atoms with Gasteiger partial charge >= 0.3 is 5.97 Å². The van der Waals surface area contributed by atoms with E-state index in [4.69, 9.17) is 9.52 Å². The summed E-state index contributed by atoms with van der Waals surface area (Å²) in [6.45, 7) is 7.28. The molecule has 0 saturated carbocycles. The molecule has 1 aromatic rings. The highest BCUT2D eigenvalue weighted by atomic mass is 16.4. The molecule has 4 heteroatoms. The van der Waals surface area contributed by atoms with Gasteiger partial charge in [0.05, 0.1) is 6.26 Å². The van der Waals surface area contributed by atoms with Crippen LogP contribution in [0, 0.1) is 11.8 Å². The largest absolute Gasteiger partial charge is 0.475 e. The van der Waals surface area contributed by atoms with Crippen LogP contribution < -0.4 is 0 Å². The first kappa shape index (κ1) is 12.2. The predicted octanol–water partition coefficient (Wildman–Crippen LogP) is 2.46. The summed E-state index contributed by atoms with van der Waals surface area (Å²) in [7, 11) is 0. The van der Waals surface area contributed by atoms with E-state index in [9.17, 15) is 4.79 Å². The van der Waals surface area contributed by atoms with Crippen LogP contribution >= 0.6 is 0 Å². The van der Waals surface area contributed by atoms with Crippen LogP contribution in [0.5, 0.6) is 0 Å². The Balaban J connectivity index is 2.01. The third-order valence-corrected chi connectivity index (χ3v) is 3.75.